The highest BCUT2D eigenvalue weighted by Gasteiger charge is 2.30. The van der Waals surface area contributed by atoms with Crippen LogP contribution in [0.3, 0.4) is 0 Å². The van der Waals surface area contributed by atoms with Crippen molar-refractivity contribution in [3.05, 3.63) is 54.6 Å². The average molecular weight is 270 g/mol. The van der Waals surface area contributed by atoms with Gasteiger partial charge in [0.25, 0.3) is 0 Å². The van der Waals surface area contributed by atoms with Crippen LogP contribution in [0.5, 0.6) is 0 Å². The molecule has 2 rings (SSSR count). The summed E-state index contributed by atoms with van der Waals surface area (Å²) in [5.74, 6) is 0.238. The van der Waals surface area contributed by atoms with E-state index < -0.39 is 0 Å². The number of ketones is 1. The standard InChI is InChI=1S/C17H22N2O/c1-17(2,3)16(20)15(14-7-5-4-6-8-14)9-11-19-12-10-18-13-19/h4-8,10,12-13,15H,9,11H2,1-3H3. The van der Waals surface area contributed by atoms with E-state index in [-0.39, 0.29) is 11.3 Å². The summed E-state index contributed by atoms with van der Waals surface area (Å²) in [5.41, 5.74) is 0.780. The molecular formula is C17H22N2O. The van der Waals surface area contributed by atoms with Crippen molar-refractivity contribution in [2.75, 3.05) is 0 Å². The lowest BCUT2D eigenvalue weighted by Gasteiger charge is -2.25. The molecule has 3 nitrogen and oxygen atoms in total. The van der Waals surface area contributed by atoms with Crippen LogP contribution in [0.2, 0.25) is 0 Å². The molecule has 0 aliphatic heterocycles. The van der Waals surface area contributed by atoms with E-state index in [9.17, 15) is 4.79 Å². The van der Waals surface area contributed by atoms with Crippen molar-refractivity contribution in [1.29, 1.82) is 0 Å². The SMILES string of the molecule is CC(C)(C)C(=O)C(CCn1ccnc1)c1ccccc1. The molecule has 3 heteroatoms. The second kappa shape index (κ2) is 6.04. The molecule has 0 saturated heterocycles. The second-order valence-corrected chi connectivity index (χ2v) is 6.17. The Bertz CT molecular complexity index is 538. The monoisotopic (exact) mass is 270 g/mol. The molecule has 1 heterocycles. The molecule has 0 N–H and O–H groups in total. The molecule has 0 fully saturated rings. The van der Waals surface area contributed by atoms with Gasteiger partial charge in [0.2, 0.25) is 0 Å². The first-order valence-corrected chi connectivity index (χ1v) is 7.03. The highest BCUT2D eigenvalue weighted by atomic mass is 16.1. The minimum absolute atomic E-state index is 0.0569. The number of Topliss-reactive ketones (excluding diaryl/α,β-unsaturated/α-hetero) is 1. The van der Waals surface area contributed by atoms with Gasteiger partial charge in [-0.1, -0.05) is 51.1 Å². The fourth-order valence-electron chi connectivity index (χ4n) is 2.35. The van der Waals surface area contributed by atoms with E-state index in [4.69, 9.17) is 0 Å². The molecule has 1 aromatic heterocycles. The van der Waals surface area contributed by atoms with Crippen molar-refractivity contribution in [2.24, 2.45) is 5.41 Å². The Hall–Kier alpha value is -1.90. The summed E-state index contributed by atoms with van der Waals surface area (Å²) in [6.07, 6.45) is 6.30. The molecule has 0 radical (unpaired) electrons. The lowest BCUT2D eigenvalue weighted by atomic mass is 9.78. The smallest absolute Gasteiger partial charge is 0.145 e. The number of benzene rings is 1. The topological polar surface area (TPSA) is 34.9 Å². The maximum absolute atomic E-state index is 12.7. The van der Waals surface area contributed by atoms with E-state index in [0.29, 0.717) is 5.78 Å². The van der Waals surface area contributed by atoms with Crippen molar-refractivity contribution in [1.82, 2.24) is 9.55 Å². The van der Waals surface area contributed by atoms with Crippen LogP contribution in [0.1, 0.15) is 38.7 Å². The van der Waals surface area contributed by atoms with E-state index in [0.717, 1.165) is 18.5 Å². The number of aromatic nitrogens is 2. The molecule has 1 unspecified atom stereocenters. The minimum atomic E-state index is -0.324. The summed E-state index contributed by atoms with van der Waals surface area (Å²) < 4.78 is 2.02. The van der Waals surface area contributed by atoms with Gasteiger partial charge in [-0.3, -0.25) is 4.79 Å². The summed E-state index contributed by atoms with van der Waals surface area (Å²) in [4.78, 5) is 16.7. The first-order valence-electron chi connectivity index (χ1n) is 7.03. The molecule has 20 heavy (non-hydrogen) atoms. The van der Waals surface area contributed by atoms with Gasteiger partial charge in [-0.15, -0.1) is 0 Å². The van der Waals surface area contributed by atoms with Crippen molar-refractivity contribution in [3.63, 3.8) is 0 Å². The van der Waals surface area contributed by atoms with Gasteiger partial charge in [-0.25, -0.2) is 4.98 Å². The van der Waals surface area contributed by atoms with Crippen molar-refractivity contribution >= 4 is 5.78 Å². The van der Waals surface area contributed by atoms with E-state index in [1.807, 2.05) is 61.9 Å². The van der Waals surface area contributed by atoms with E-state index in [2.05, 4.69) is 4.98 Å². The van der Waals surface area contributed by atoms with Crippen LogP contribution < -0.4 is 0 Å². The van der Waals surface area contributed by atoms with Crippen LogP contribution in [-0.2, 0) is 11.3 Å². The Labute approximate surface area is 120 Å². The zero-order valence-corrected chi connectivity index (χ0v) is 12.4. The predicted octanol–water partition coefficient (Wildman–Crippen LogP) is 3.67. The first-order chi connectivity index (χ1) is 9.48. The summed E-state index contributed by atoms with van der Waals surface area (Å²) in [6.45, 7) is 6.77. The third-order valence-electron chi connectivity index (χ3n) is 3.49. The van der Waals surface area contributed by atoms with Crippen LogP contribution in [-0.4, -0.2) is 15.3 Å². The van der Waals surface area contributed by atoms with Crippen LogP contribution in [0.4, 0.5) is 0 Å². The first kappa shape index (κ1) is 14.5. The predicted molar refractivity (Wildman–Crippen MR) is 80.5 cm³/mol. The number of hydrogen-bond acceptors (Lipinski definition) is 2. The van der Waals surface area contributed by atoms with Crippen molar-refractivity contribution < 1.29 is 4.79 Å². The average Bonchev–Trinajstić information content (AvgIpc) is 2.92. The minimum Gasteiger partial charge on any atom is -0.337 e. The van der Waals surface area contributed by atoms with Gasteiger partial charge in [0.15, 0.2) is 0 Å². The van der Waals surface area contributed by atoms with E-state index in [1.54, 1.807) is 12.5 Å². The maximum Gasteiger partial charge on any atom is 0.145 e. The van der Waals surface area contributed by atoms with Crippen LogP contribution in [0.15, 0.2) is 49.1 Å². The van der Waals surface area contributed by atoms with E-state index in [1.165, 1.54) is 0 Å². The van der Waals surface area contributed by atoms with Gasteiger partial charge in [0.1, 0.15) is 5.78 Å². The van der Waals surface area contributed by atoms with Crippen molar-refractivity contribution in [2.45, 2.75) is 39.7 Å². The number of imidazole rings is 1. The molecule has 2 aromatic rings. The summed E-state index contributed by atoms with van der Waals surface area (Å²) >= 11 is 0. The van der Waals surface area contributed by atoms with Gasteiger partial charge in [0, 0.05) is 30.3 Å². The molecule has 0 aliphatic rings. The largest absolute Gasteiger partial charge is 0.337 e. The number of carbonyl (C=O) groups excluding carboxylic acids is 1. The van der Waals surface area contributed by atoms with Gasteiger partial charge >= 0.3 is 0 Å². The number of carbonyl (C=O) groups is 1. The molecule has 0 amide bonds. The maximum atomic E-state index is 12.7. The fourth-order valence-corrected chi connectivity index (χ4v) is 2.35. The molecular weight excluding hydrogens is 248 g/mol. The third-order valence-corrected chi connectivity index (χ3v) is 3.49. The van der Waals surface area contributed by atoms with Crippen LogP contribution in [0, 0.1) is 5.41 Å². The number of aryl methyl sites for hydroxylation is 1. The highest BCUT2D eigenvalue weighted by Crippen LogP contribution is 2.30. The Kier molecular flexibility index (Phi) is 4.38. The fraction of sp³-hybridized carbons (Fsp3) is 0.412. The summed E-state index contributed by atoms with van der Waals surface area (Å²) in [5, 5.41) is 0. The molecule has 0 aliphatic carbocycles. The Balaban J connectivity index is 2.18. The molecule has 0 saturated carbocycles. The molecule has 1 aromatic carbocycles. The van der Waals surface area contributed by atoms with Gasteiger partial charge in [0.05, 0.1) is 6.33 Å². The highest BCUT2D eigenvalue weighted by molar-refractivity contribution is 5.90. The normalized spacial score (nSPS) is 13.2. The lowest BCUT2D eigenvalue weighted by Crippen LogP contribution is -2.27. The van der Waals surface area contributed by atoms with Crippen LogP contribution in [0.25, 0.3) is 0 Å². The zero-order chi connectivity index (χ0) is 14.6. The summed E-state index contributed by atoms with van der Waals surface area (Å²) in [7, 11) is 0. The Morgan fingerprint density at radius 3 is 2.50 bits per heavy atom. The van der Waals surface area contributed by atoms with Gasteiger partial charge in [-0.05, 0) is 12.0 Å². The summed E-state index contributed by atoms with van der Waals surface area (Å²) in [6, 6.07) is 10.1. The number of rotatable bonds is 5. The quantitative estimate of drug-likeness (QED) is 0.831. The second-order valence-electron chi connectivity index (χ2n) is 6.17. The molecule has 106 valence electrons. The van der Waals surface area contributed by atoms with E-state index >= 15 is 0 Å². The number of nitrogens with zero attached hydrogens (tertiary/aromatic N) is 2. The zero-order valence-electron chi connectivity index (χ0n) is 12.4. The molecule has 0 spiro atoms. The van der Waals surface area contributed by atoms with Crippen molar-refractivity contribution in [3.8, 4) is 0 Å². The van der Waals surface area contributed by atoms with Crippen LogP contribution >= 0.6 is 0 Å². The third kappa shape index (κ3) is 3.56. The van der Waals surface area contributed by atoms with Gasteiger partial charge < -0.3 is 4.57 Å². The lowest BCUT2D eigenvalue weighted by molar-refractivity contribution is -0.128. The molecule has 0 bridgehead atoms. The Morgan fingerprint density at radius 2 is 1.95 bits per heavy atom. The Morgan fingerprint density at radius 1 is 1.25 bits per heavy atom. The molecule has 1 atom stereocenters. The number of hydrogen-bond donors (Lipinski definition) is 0. The van der Waals surface area contributed by atoms with Gasteiger partial charge in [-0.2, -0.15) is 0 Å².